The van der Waals surface area contributed by atoms with E-state index in [0.717, 1.165) is 5.41 Å². The average molecular weight is 254 g/mol. The standard InChI is InChI=1S/C11H14N2O3S/c1-2-17(15,16)7-6-13-11(14)9-4-3-5-10(12)8-9/h2-5,8H,1,6-7,12H2,(H,13,14). The Bertz CT molecular complexity index is 523. The van der Waals surface area contributed by atoms with E-state index in [1.807, 2.05) is 0 Å². The number of hydrogen-bond donors (Lipinski definition) is 2. The van der Waals surface area contributed by atoms with E-state index in [9.17, 15) is 13.2 Å². The lowest BCUT2D eigenvalue weighted by Crippen LogP contribution is -2.28. The minimum Gasteiger partial charge on any atom is -0.399 e. The Morgan fingerprint density at radius 2 is 2.18 bits per heavy atom. The second-order valence-corrected chi connectivity index (χ2v) is 5.48. The van der Waals surface area contributed by atoms with Crippen molar-refractivity contribution in [2.75, 3.05) is 18.0 Å². The minimum atomic E-state index is -3.28. The molecule has 0 spiro atoms. The Labute approximate surface area is 100 Å². The molecule has 0 bridgehead atoms. The third kappa shape index (κ3) is 4.28. The van der Waals surface area contributed by atoms with Gasteiger partial charge in [-0.25, -0.2) is 8.42 Å². The number of nitrogens with two attached hydrogens (primary N) is 1. The summed E-state index contributed by atoms with van der Waals surface area (Å²) in [5.74, 6) is -0.513. The molecular formula is C11H14N2O3S. The maximum Gasteiger partial charge on any atom is 0.251 e. The van der Waals surface area contributed by atoms with Gasteiger partial charge in [-0.15, -0.1) is 0 Å². The Kier molecular flexibility index (Phi) is 4.28. The zero-order chi connectivity index (χ0) is 12.9. The van der Waals surface area contributed by atoms with E-state index in [1.54, 1.807) is 18.2 Å². The summed E-state index contributed by atoms with van der Waals surface area (Å²) < 4.78 is 22.2. The summed E-state index contributed by atoms with van der Waals surface area (Å²) >= 11 is 0. The lowest BCUT2D eigenvalue weighted by molar-refractivity contribution is 0.0956. The highest BCUT2D eigenvalue weighted by Gasteiger charge is 2.08. The van der Waals surface area contributed by atoms with Crippen LogP contribution in [0.25, 0.3) is 0 Å². The number of anilines is 1. The summed E-state index contributed by atoms with van der Waals surface area (Å²) in [5, 5.41) is 3.37. The summed E-state index contributed by atoms with van der Waals surface area (Å²) in [7, 11) is -3.28. The van der Waals surface area contributed by atoms with E-state index in [-0.39, 0.29) is 18.2 Å². The number of amides is 1. The topological polar surface area (TPSA) is 89.3 Å². The zero-order valence-electron chi connectivity index (χ0n) is 9.22. The van der Waals surface area contributed by atoms with Gasteiger partial charge in [-0.1, -0.05) is 12.6 Å². The van der Waals surface area contributed by atoms with Gasteiger partial charge < -0.3 is 11.1 Å². The van der Waals surface area contributed by atoms with Crippen LogP contribution >= 0.6 is 0 Å². The first-order valence-electron chi connectivity index (χ1n) is 4.93. The molecule has 92 valence electrons. The lowest BCUT2D eigenvalue weighted by Gasteiger charge is -2.04. The van der Waals surface area contributed by atoms with E-state index in [0.29, 0.717) is 11.3 Å². The molecular weight excluding hydrogens is 240 g/mol. The first-order chi connectivity index (χ1) is 7.94. The number of sulfone groups is 1. The molecule has 0 atom stereocenters. The Morgan fingerprint density at radius 3 is 2.76 bits per heavy atom. The molecule has 1 aromatic rings. The SMILES string of the molecule is C=CS(=O)(=O)CCNC(=O)c1cccc(N)c1. The van der Waals surface area contributed by atoms with Gasteiger partial charge in [0.25, 0.3) is 5.91 Å². The van der Waals surface area contributed by atoms with Crippen molar-refractivity contribution in [3.63, 3.8) is 0 Å². The summed E-state index contributed by atoms with van der Waals surface area (Å²) in [4.78, 5) is 11.6. The normalized spacial score (nSPS) is 10.8. The van der Waals surface area contributed by atoms with Gasteiger partial charge in [-0.05, 0) is 18.2 Å². The lowest BCUT2D eigenvalue weighted by atomic mass is 10.2. The Balaban J connectivity index is 2.54. The number of rotatable bonds is 5. The number of nitrogen functional groups attached to an aromatic ring is 1. The molecule has 0 fully saturated rings. The van der Waals surface area contributed by atoms with Crippen molar-refractivity contribution in [1.82, 2.24) is 5.32 Å². The first-order valence-corrected chi connectivity index (χ1v) is 6.65. The van der Waals surface area contributed by atoms with Gasteiger partial charge in [0.15, 0.2) is 9.84 Å². The number of nitrogens with one attached hydrogen (secondary N) is 1. The second-order valence-electron chi connectivity index (χ2n) is 3.42. The van der Waals surface area contributed by atoms with Gasteiger partial charge >= 0.3 is 0 Å². The van der Waals surface area contributed by atoms with Crippen LogP contribution in [-0.4, -0.2) is 26.6 Å². The number of carbonyl (C=O) groups is 1. The molecule has 0 unspecified atom stereocenters. The van der Waals surface area contributed by atoms with Crippen molar-refractivity contribution >= 4 is 21.4 Å². The van der Waals surface area contributed by atoms with Crippen LogP contribution in [0, 0.1) is 0 Å². The molecule has 0 saturated carbocycles. The van der Waals surface area contributed by atoms with Crippen molar-refractivity contribution in [2.24, 2.45) is 0 Å². The van der Waals surface area contributed by atoms with Crippen LogP contribution in [0.2, 0.25) is 0 Å². The molecule has 0 saturated heterocycles. The summed E-state index contributed by atoms with van der Waals surface area (Å²) in [6, 6.07) is 6.45. The zero-order valence-corrected chi connectivity index (χ0v) is 10.0. The van der Waals surface area contributed by atoms with Crippen LogP contribution in [0.1, 0.15) is 10.4 Å². The highest BCUT2D eigenvalue weighted by molar-refractivity contribution is 7.94. The predicted molar refractivity (Wildman–Crippen MR) is 67.2 cm³/mol. The van der Waals surface area contributed by atoms with Crippen molar-refractivity contribution in [3.8, 4) is 0 Å². The van der Waals surface area contributed by atoms with Gasteiger partial charge in [0, 0.05) is 23.2 Å². The average Bonchev–Trinajstić information content (AvgIpc) is 2.28. The number of carbonyl (C=O) groups excluding carboxylic acids is 1. The molecule has 3 N–H and O–H groups in total. The Hall–Kier alpha value is -1.82. The van der Waals surface area contributed by atoms with Crippen LogP contribution in [0.5, 0.6) is 0 Å². The van der Waals surface area contributed by atoms with Gasteiger partial charge in [-0.3, -0.25) is 4.79 Å². The van der Waals surface area contributed by atoms with Crippen LogP contribution in [-0.2, 0) is 9.84 Å². The van der Waals surface area contributed by atoms with Crippen molar-refractivity contribution < 1.29 is 13.2 Å². The van der Waals surface area contributed by atoms with Crippen LogP contribution in [0.3, 0.4) is 0 Å². The van der Waals surface area contributed by atoms with Crippen molar-refractivity contribution in [1.29, 1.82) is 0 Å². The molecule has 0 aliphatic carbocycles. The Morgan fingerprint density at radius 1 is 1.47 bits per heavy atom. The van der Waals surface area contributed by atoms with E-state index in [1.165, 1.54) is 6.07 Å². The van der Waals surface area contributed by atoms with Crippen LogP contribution in [0.4, 0.5) is 5.69 Å². The minimum absolute atomic E-state index is 0.0436. The summed E-state index contributed by atoms with van der Waals surface area (Å²) in [6.07, 6.45) is 0. The largest absolute Gasteiger partial charge is 0.399 e. The van der Waals surface area contributed by atoms with E-state index in [4.69, 9.17) is 5.73 Å². The van der Waals surface area contributed by atoms with E-state index in [2.05, 4.69) is 11.9 Å². The van der Waals surface area contributed by atoms with Crippen LogP contribution in [0.15, 0.2) is 36.3 Å². The highest BCUT2D eigenvalue weighted by atomic mass is 32.2. The fourth-order valence-corrected chi connectivity index (χ4v) is 1.73. The smallest absolute Gasteiger partial charge is 0.251 e. The molecule has 6 heteroatoms. The van der Waals surface area contributed by atoms with Gasteiger partial charge in [0.05, 0.1) is 5.75 Å². The van der Waals surface area contributed by atoms with E-state index >= 15 is 0 Å². The van der Waals surface area contributed by atoms with Crippen LogP contribution < -0.4 is 11.1 Å². The fourth-order valence-electron chi connectivity index (χ4n) is 1.17. The molecule has 1 amide bonds. The summed E-state index contributed by atoms with van der Waals surface area (Å²) in [6.45, 7) is 3.23. The second kappa shape index (κ2) is 5.49. The third-order valence-corrected chi connectivity index (χ3v) is 3.36. The maximum atomic E-state index is 11.6. The molecule has 17 heavy (non-hydrogen) atoms. The number of hydrogen-bond acceptors (Lipinski definition) is 4. The fraction of sp³-hybridized carbons (Fsp3) is 0.182. The molecule has 0 heterocycles. The number of benzene rings is 1. The van der Waals surface area contributed by atoms with Gasteiger partial charge in [0.1, 0.15) is 0 Å². The molecule has 1 aromatic carbocycles. The maximum absolute atomic E-state index is 11.6. The highest BCUT2D eigenvalue weighted by Crippen LogP contribution is 2.05. The van der Waals surface area contributed by atoms with Gasteiger partial charge in [0.2, 0.25) is 0 Å². The quantitative estimate of drug-likeness (QED) is 0.751. The molecule has 1 rings (SSSR count). The van der Waals surface area contributed by atoms with Crippen molar-refractivity contribution in [3.05, 3.63) is 41.8 Å². The predicted octanol–water partition coefficient (Wildman–Crippen LogP) is 0.557. The molecule has 5 nitrogen and oxygen atoms in total. The van der Waals surface area contributed by atoms with E-state index < -0.39 is 9.84 Å². The monoisotopic (exact) mass is 254 g/mol. The molecule has 0 aliphatic rings. The van der Waals surface area contributed by atoms with Crippen molar-refractivity contribution in [2.45, 2.75) is 0 Å². The molecule has 0 aromatic heterocycles. The molecule has 0 aliphatic heterocycles. The first kappa shape index (κ1) is 13.2. The third-order valence-electron chi connectivity index (χ3n) is 2.07. The summed E-state index contributed by atoms with van der Waals surface area (Å²) in [5.41, 5.74) is 6.41. The van der Waals surface area contributed by atoms with Gasteiger partial charge in [-0.2, -0.15) is 0 Å². The molecule has 0 radical (unpaired) electrons.